The van der Waals surface area contributed by atoms with Crippen molar-refractivity contribution in [2.45, 2.75) is 11.3 Å². The number of anilines is 1. The number of hydrogen-bond acceptors (Lipinski definition) is 4. The summed E-state index contributed by atoms with van der Waals surface area (Å²) in [5, 5.41) is 0. The molecule has 27 heavy (non-hydrogen) atoms. The van der Waals surface area contributed by atoms with Crippen LogP contribution in [0.3, 0.4) is 0 Å². The topological polar surface area (TPSA) is 81.4 Å². The quantitative estimate of drug-likeness (QED) is 0.607. The molecule has 0 aliphatic carbocycles. The Labute approximate surface area is 157 Å². The van der Waals surface area contributed by atoms with Gasteiger partial charge >= 0.3 is 0 Å². The number of rotatable bonds is 7. The van der Waals surface area contributed by atoms with Gasteiger partial charge in [0.2, 0.25) is 10.0 Å². The van der Waals surface area contributed by atoms with Crippen LogP contribution < -0.4 is 15.2 Å². The predicted molar refractivity (Wildman–Crippen MR) is 103 cm³/mol. The van der Waals surface area contributed by atoms with Gasteiger partial charge in [-0.1, -0.05) is 12.1 Å². The lowest BCUT2D eigenvalue weighted by atomic mass is 10.1. The zero-order chi connectivity index (χ0) is 19.3. The van der Waals surface area contributed by atoms with E-state index in [1.54, 1.807) is 36.4 Å². The second-order valence-corrected chi connectivity index (χ2v) is 7.68. The Kier molecular flexibility index (Phi) is 5.73. The summed E-state index contributed by atoms with van der Waals surface area (Å²) < 4.78 is 45.5. The second kappa shape index (κ2) is 8.20. The number of ether oxygens (including phenoxy) is 1. The van der Waals surface area contributed by atoms with Gasteiger partial charge in [-0.2, -0.15) is 0 Å². The van der Waals surface area contributed by atoms with E-state index in [1.165, 1.54) is 24.3 Å². The first kappa shape index (κ1) is 18.9. The molecule has 0 aromatic heterocycles. The van der Waals surface area contributed by atoms with Crippen LogP contribution in [-0.2, 0) is 16.4 Å². The minimum Gasteiger partial charge on any atom is -0.457 e. The van der Waals surface area contributed by atoms with E-state index in [1.807, 2.05) is 12.1 Å². The van der Waals surface area contributed by atoms with E-state index in [0.717, 1.165) is 5.56 Å². The molecule has 0 fully saturated rings. The van der Waals surface area contributed by atoms with Gasteiger partial charge in [0, 0.05) is 12.2 Å². The van der Waals surface area contributed by atoms with Crippen molar-refractivity contribution in [3.05, 3.63) is 84.2 Å². The molecule has 0 amide bonds. The number of benzene rings is 3. The molecule has 0 saturated carbocycles. The van der Waals surface area contributed by atoms with Crippen molar-refractivity contribution in [2.75, 3.05) is 12.3 Å². The average Bonchev–Trinajstić information content (AvgIpc) is 2.65. The summed E-state index contributed by atoms with van der Waals surface area (Å²) in [5.41, 5.74) is 7.04. The van der Waals surface area contributed by atoms with E-state index >= 15 is 0 Å². The maximum Gasteiger partial charge on any atom is 0.240 e. The molecular formula is C20H19FN2O3S. The van der Waals surface area contributed by atoms with Crippen LogP contribution in [0.2, 0.25) is 0 Å². The number of hydrogen-bond donors (Lipinski definition) is 2. The summed E-state index contributed by atoms with van der Waals surface area (Å²) in [6.07, 6.45) is 0.533. The van der Waals surface area contributed by atoms with Gasteiger partial charge in [-0.3, -0.25) is 0 Å². The molecule has 0 radical (unpaired) electrons. The van der Waals surface area contributed by atoms with Gasteiger partial charge in [-0.15, -0.1) is 0 Å². The van der Waals surface area contributed by atoms with E-state index in [4.69, 9.17) is 10.5 Å². The average molecular weight is 386 g/mol. The summed E-state index contributed by atoms with van der Waals surface area (Å²) in [4.78, 5) is 0.180. The normalized spacial score (nSPS) is 11.3. The summed E-state index contributed by atoms with van der Waals surface area (Å²) in [7, 11) is -3.56. The molecule has 0 atom stereocenters. The van der Waals surface area contributed by atoms with Crippen LogP contribution in [0.25, 0.3) is 0 Å². The third kappa shape index (κ3) is 5.29. The van der Waals surface area contributed by atoms with Crippen LogP contribution in [0.4, 0.5) is 10.1 Å². The molecule has 0 aliphatic rings. The van der Waals surface area contributed by atoms with E-state index in [-0.39, 0.29) is 17.3 Å². The van der Waals surface area contributed by atoms with E-state index in [0.29, 0.717) is 23.6 Å². The number of sulfonamides is 1. The van der Waals surface area contributed by atoms with Gasteiger partial charge < -0.3 is 10.5 Å². The van der Waals surface area contributed by atoms with E-state index in [2.05, 4.69) is 4.72 Å². The van der Waals surface area contributed by atoms with Gasteiger partial charge in [0.15, 0.2) is 0 Å². The highest BCUT2D eigenvalue weighted by Crippen LogP contribution is 2.22. The monoisotopic (exact) mass is 386 g/mol. The number of nitrogens with two attached hydrogens (primary N) is 1. The van der Waals surface area contributed by atoms with Gasteiger partial charge in [0.25, 0.3) is 0 Å². The molecular weight excluding hydrogens is 367 g/mol. The first-order chi connectivity index (χ1) is 12.9. The maximum atomic E-state index is 12.9. The fourth-order valence-electron chi connectivity index (χ4n) is 2.42. The molecule has 3 rings (SSSR count). The van der Waals surface area contributed by atoms with Crippen molar-refractivity contribution in [3.63, 3.8) is 0 Å². The number of halogens is 1. The van der Waals surface area contributed by atoms with Gasteiger partial charge in [0.05, 0.1) is 4.90 Å². The van der Waals surface area contributed by atoms with Crippen LogP contribution in [0.1, 0.15) is 5.56 Å². The van der Waals surface area contributed by atoms with Crippen LogP contribution in [0.5, 0.6) is 11.5 Å². The lowest BCUT2D eigenvalue weighted by Crippen LogP contribution is -2.25. The molecule has 0 bridgehead atoms. The Balaban J connectivity index is 1.54. The highest BCUT2D eigenvalue weighted by molar-refractivity contribution is 7.89. The van der Waals surface area contributed by atoms with E-state index < -0.39 is 10.0 Å². The highest BCUT2D eigenvalue weighted by Gasteiger charge is 2.12. The van der Waals surface area contributed by atoms with Crippen molar-refractivity contribution in [2.24, 2.45) is 0 Å². The smallest absolute Gasteiger partial charge is 0.240 e. The third-order valence-corrected chi connectivity index (χ3v) is 5.35. The van der Waals surface area contributed by atoms with Gasteiger partial charge in [0.1, 0.15) is 17.3 Å². The summed E-state index contributed by atoms with van der Waals surface area (Å²) >= 11 is 0. The molecule has 3 N–H and O–H groups in total. The Morgan fingerprint density at radius 1 is 0.852 bits per heavy atom. The molecule has 0 aliphatic heterocycles. The predicted octanol–water partition coefficient (Wildman–Crippen LogP) is 3.72. The Morgan fingerprint density at radius 2 is 1.41 bits per heavy atom. The highest BCUT2D eigenvalue weighted by atomic mass is 32.2. The molecule has 5 nitrogen and oxygen atoms in total. The molecule has 0 unspecified atom stereocenters. The minimum absolute atomic E-state index is 0.180. The second-order valence-electron chi connectivity index (χ2n) is 5.92. The summed E-state index contributed by atoms with van der Waals surface area (Å²) in [6.45, 7) is 0.269. The lowest BCUT2D eigenvalue weighted by Gasteiger charge is -2.09. The molecule has 0 heterocycles. The Hall–Kier alpha value is -2.90. The summed E-state index contributed by atoms with van der Waals surface area (Å²) in [5.74, 6) is 0.840. The van der Waals surface area contributed by atoms with Gasteiger partial charge in [-0.25, -0.2) is 17.5 Å². The molecule has 0 saturated heterocycles. The van der Waals surface area contributed by atoms with Crippen molar-refractivity contribution in [1.29, 1.82) is 0 Å². The fourth-order valence-corrected chi connectivity index (χ4v) is 3.45. The molecule has 3 aromatic carbocycles. The maximum absolute atomic E-state index is 12.9. The number of nitrogen functional groups attached to an aromatic ring is 1. The zero-order valence-corrected chi connectivity index (χ0v) is 15.2. The van der Waals surface area contributed by atoms with Crippen molar-refractivity contribution in [1.82, 2.24) is 4.72 Å². The molecule has 0 spiro atoms. The Morgan fingerprint density at radius 3 is 2.00 bits per heavy atom. The molecule has 140 valence electrons. The van der Waals surface area contributed by atoms with Crippen LogP contribution in [0.15, 0.2) is 77.7 Å². The van der Waals surface area contributed by atoms with Crippen LogP contribution >= 0.6 is 0 Å². The van der Waals surface area contributed by atoms with Crippen LogP contribution in [-0.4, -0.2) is 15.0 Å². The molecule has 7 heteroatoms. The zero-order valence-electron chi connectivity index (χ0n) is 14.4. The van der Waals surface area contributed by atoms with Gasteiger partial charge in [-0.05, 0) is 72.6 Å². The largest absolute Gasteiger partial charge is 0.457 e. The van der Waals surface area contributed by atoms with Crippen LogP contribution in [0, 0.1) is 5.82 Å². The SMILES string of the molecule is Nc1ccc(S(=O)(=O)NCCc2ccc(Oc3ccc(F)cc3)cc2)cc1. The lowest BCUT2D eigenvalue weighted by molar-refractivity contribution is 0.480. The standard InChI is InChI=1S/C20H19FN2O3S/c21-16-3-9-19(10-4-16)26-18-7-1-15(2-8-18)13-14-23-27(24,25)20-11-5-17(22)6-12-20/h1-12,23H,13-14,22H2. The summed E-state index contributed by atoms with van der Waals surface area (Å²) in [6, 6.07) is 19.1. The number of nitrogens with one attached hydrogen (secondary N) is 1. The fraction of sp³-hybridized carbons (Fsp3) is 0.100. The third-order valence-electron chi connectivity index (χ3n) is 3.87. The Bertz CT molecular complexity index is 987. The van der Waals surface area contributed by atoms with E-state index in [9.17, 15) is 12.8 Å². The van der Waals surface area contributed by atoms with Crippen molar-refractivity contribution < 1.29 is 17.5 Å². The van der Waals surface area contributed by atoms with Crippen molar-refractivity contribution >= 4 is 15.7 Å². The van der Waals surface area contributed by atoms with Crippen molar-refractivity contribution in [3.8, 4) is 11.5 Å². The molecule has 3 aromatic rings. The minimum atomic E-state index is -3.56. The first-order valence-corrected chi connectivity index (χ1v) is 9.78. The first-order valence-electron chi connectivity index (χ1n) is 8.30.